The van der Waals surface area contributed by atoms with Crippen LogP contribution < -0.4 is 21.3 Å². The molecular weight excluding hydrogens is 399 g/mol. The molecule has 0 unspecified atom stereocenters. The van der Waals surface area contributed by atoms with E-state index in [0.717, 1.165) is 55.4 Å². The van der Waals surface area contributed by atoms with Gasteiger partial charge >= 0.3 is 0 Å². The number of aromatic nitrogens is 2. The van der Waals surface area contributed by atoms with Crippen molar-refractivity contribution in [2.24, 2.45) is 0 Å². The van der Waals surface area contributed by atoms with Crippen LogP contribution in [0.4, 0.5) is 23.0 Å². The summed E-state index contributed by atoms with van der Waals surface area (Å²) in [5, 5.41) is 23.0. The van der Waals surface area contributed by atoms with Crippen molar-refractivity contribution in [1.29, 1.82) is 0 Å². The molecule has 2 aliphatic heterocycles. The van der Waals surface area contributed by atoms with Crippen molar-refractivity contribution < 1.29 is 5.11 Å². The van der Waals surface area contributed by atoms with Gasteiger partial charge in [0.15, 0.2) is 11.6 Å². The van der Waals surface area contributed by atoms with Crippen molar-refractivity contribution in [1.82, 2.24) is 9.97 Å². The molecule has 2 atom stereocenters. The third kappa shape index (κ3) is 5.77. The highest BCUT2D eigenvalue weighted by Crippen LogP contribution is 2.27. The normalized spacial score (nSPS) is 19.9. The summed E-state index contributed by atoms with van der Waals surface area (Å²) >= 11 is 11.6. The van der Waals surface area contributed by atoms with Crippen LogP contribution in [0, 0.1) is 0 Å². The van der Waals surface area contributed by atoms with Crippen molar-refractivity contribution >= 4 is 46.2 Å². The van der Waals surface area contributed by atoms with Gasteiger partial charge in [-0.05, 0) is 50.5 Å². The minimum atomic E-state index is 0.230. The summed E-state index contributed by atoms with van der Waals surface area (Å²) in [5.74, 6) is 1.66. The van der Waals surface area contributed by atoms with Gasteiger partial charge in [-0.3, -0.25) is 0 Å². The van der Waals surface area contributed by atoms with Gasteiger partial charge in [-0.25, -0.2) is 9.97 Å². The van der Waals surface area contributed by atoms with Crippen molar-refractivity contribution in [3.05, 3.63) is 34.6 Å². The van der Waals surface area contributed by atoms with Crippen molar-refractivity contribution in [2.75, 3.05) is 41.0 Å². The number of nitrogens with one attached hydrogen (secondary N) is 4. The summed E-state index contributed by atoms with van der Waals surface area (Å²) in [6, 6.07) is 8.19. The van der Waals surface area contributed by atoms with E-state index in [2.05, 4.69) is 38.2 Å². The first-order chi connectivity index (χ1) is 13.5. The van der Waals surface area contributed by atoms with E-state index in [1.165, 1.54) is 0 Å². The van der Waals surface area contributed by atoms with Gasteiger partial charge in [0.2, 0.25) is 0 Å². The summed E-state index contributed by atoms with van der Waals surface area (Å²) in [6.07, 6.45) is 2.82. The van der Waals surface area contributed by atoms with Gasteiger partial charge in [0.05, 0.1) is 11.4 Å². The van der Waals surface area contributed by atoms with Crippen LogP contribution in [0.1, 0.15) is 26.2 Å². The molecule has 2 aliphatic rings. The molecule has 28 heavy (non-hydrogen) atoms. The van der Waals surface area contributed by atoms with E-state index in [4.69, 9.17) is 28.3 Å². The second kappa shape index (κ2) is 10.0. The van der Waals surface area contributed by atoms with Gasteiger partial charge in [-0.15, -0.1) is 0 Å². The molecule has 2 aromatic heterocycles. The van der Waals surface area contributed by atoms with Crippen LogP contribution >= 0.6 is 23.2 Å². The Morgan fingerprint density at radius 2 is 1.64 bits per heavy atom. The Morgan fingerprint density at radius 3 is 2.32 bits per heavy atom. The highest BCUT2D eigenvalue weighted by atomic mass is 35.5. The third-order valence-electron chi connectivity index (χ3n) is 4.59. The molecule has 4 heterocycles. The molecule has 0 fully saturated rings. The molecule has 2 aromatic rings. The molecule has 0 aromatic carbocycles. The Bertz CT molecular complexity index is 791. The average Bonchev–Trinajstić information content (AvgIpc) is 2.86. The lowest BCUT2D eigenvalue weighted by Gasteiger charge is -2.27. The number of nitrogens with zero attached hydrogens (tertiary/aromatic N) is 2. The molecule has 152 valence electrons. The van der Waals surface area contributed by atoms with Crippen LogP contribution in [0.25, 0.3) is 0 Å². The zero-order chi connectivity index (χ0) is 19.9. The zero-order valence-electron chi connectivity index (χ0n) is 15.8. The predicted octanol–water partition coefficient (Wildman–Crippen LogP) is 4.06. The largest absolute Gasteiger partial charge is 0.396 e. The van der Waals surface area contributed by atoms with E-state index >= 15 is 0 Å². The quantitative estimate of drug-likeness (QED) is 0.474. The number of hydrogen-bond acceptors (Lipinski definition) is 7. The van der Waals surface area contributed by atoms with Gasteiger partial charge in [0.1, 0.15) is 10.3 Å². The fourth-order valence-corrected chi connectivity index (χ4v) is 3.39. The summed E-state index contributed by atoms with van der Waals surface area (Å²) < 4.78 is 0. The van der Waals surface area contributed by atoms with Gasteiger partial charge in [-0.2, -0.15) is 0 Å². The number of aliphatic hydroxyl groups excluding tert-OH is 1. The molecule has 0 radical (unpaired) electrons. The smallest absolute Gasteiger partial charge is 0.151 e. The SMILES string of the molecule is C[C@H]1CCNc2ccc(Cl)nc2N1.OCCC[C@H]1CNc2ccc(Cl)nc2N1. The van der Waals surface area contributed by atoms with Crippen LogP contribution in [0.15, 0.2) is 24.3 Å². The highest BCUT2D eigenvalue weighted by Gasteiger charge is 2.17. The van der Waals surface area contributed by atoms with Crippen molar-refractivity contribution in [2.45, 2.75) is 38.3 Å². The Balaban J connectivity index is 0.000000162. The molecule has 0 saturated heterocycles. The maximum absolute atomic E-state index is 8.75. The molecule has 0 aliphatic carbocycles. The number of anilines is 4. The fraction of sp³-hybridized carbons (Fsp3) is 0.474. The number of aliphatic hydroxyl groups is 1. The number of fused-ring (bicyclic) bond motifs is 2. The summed E-state index contributed by atoms with van der Waals surface area (Å²) in [5.41, 5.74) is 2.02. The van der Waals surface area contributed by atoms with E-state index in [1.54, 1.807) is 12.1 Å². The third-order valence-corrected chi connectivity index (χ3v) is 5.01. The topological polar surface area (TPSA) is 94.1 Å². The van der Waals surface area contributed by atoms with Crippen molar-refractivity contribution in [3.63, 3.8) is 0 Å². The molecule has 0 bridgehead atoms. The minimum Gasteiger partial charge on any atom is -0.396 e. The Hall–Kier alpha value is -1.96. The van der Waals surface area contributed by atoms with Gasteiger partial charge in [0.25, 0.3) is 0 Å². The Morgan fingerprint density at radius 1 is 1.00 bits per heavy atom. The van der Waals surface area contributed by atoms with Crippen LogP contribution in [0.5, 0.6) is 0 Å². The number of hydrogen-bond donors (Lipinski definition) is 5. The lowest BCUT2D eigenvalue weighted by atomic mass is 10.1. The molecule has 9 heteroatoms. The summed E-state index contributed by atoms with van der Waals surface area (Å²) in [7, 11) is 0. The van der Waals surface area contributed by atoms with E-state index in [1.807, 2.05) is 12.1 Å². The summed E-state index contributed by atoms with van der Waals surface area (Å²) in [4.78, 5) is 8.42. The molecule has 0 amide bonds. The standard InChI is InChI=1S/C10H14ClN3O.C9H12ClN3/c11-9-4-3-8-10(14-9)13-7(6-12-8)2-1-5-15;1-6-4-5-11-7-2-3-8(10)13-9(7)12-6/h3-4,7,12,15H,1-2,5-6H2,(H,13,14);2-3,6,11H,4-5H2,1H3,(H,12,13)/t7-;6-/m00/s1. The lowest BCUT2D eigenvalue weighted by molar-refractivity contribution is 0.281. The molecule has 4 rings (SSSR count). The van der Waals surface area contributed by atoms with Crippen LogP contribution in [-0.2, 0) is 0 Å². The second-order valence-electron chi connectivity index (χ2n) is 6.91. The van der Waals surface area contributed by atoms with Crippen LogP contribution in [0.2, 0.25) is 10.3 Å². The number of halogens is 2. The summed E-state index contributed by atoms with van der Waals surface area (Å²) in [6.45, 7) is 4.20. The second-order valence-corrected chi connectivity index (χ2v) is 7.68. The maximum Gasteiger partial charge on any atom is 0.151 e. The minimum absolute atomic E-state index is 0.230. The van der Waals surface area contributed by atoms with E-state index in [0.29, 0.717) is 22.4 Å². The molecule has 7 nitrogen and oxygen atoms in total. The van der Waals surface area contributed by atoms with Gasteiger partial charge < -0.3 is 26.4 Å². The average molecular weight is 425 g/mol. The highest BCUT2D eigenvalue weighted by molar-refractivity contribution is 6.29. The first kappa shape index (κ1) is 20.8. The molecule has 0 spiro atoms. The van der Waals surface area contributed by atoms with E-state index < -0.39 is 0 Å². The molecule has 0 saturated carbocycles. The van der Waals surface area contributed by atoms with Crippen molar-refractivity contribution in [3.8, 4) is 0 Å². The fourth-order valence-electron chi connectivity index (χ4n) is 3.09. The number of rotatable bonds is 3. The van der Waals surface area contributed by atoms with Crippen LogP contribution in [-0.4, -0.2) is 46.9 Å². The van der Waals surface area contributed by atoms with Gasteiger partial charge in [-0.1, -0.05) is 23.2 Å². The lowest BCUT2D eigenvalue weighted by Crippen LogP contribution is -2.33. The zero-order valence-corrected chi connectivity index (χ0v) is 17.3. The maximum atomic E-state index is 8.75. The monoisotopic (exact) mass is 424 g/mol. The molecule has 5 N–H and O–H groups in total. The first-order valence-electron chi connectivity index (χ1n) is 9.50. The predicted molar refractivity (Wildman–Crippen MR) is 117 cm³/mol. The van der Waals surface area contributed by atoms with E-state index in [-0.39, 0.29) is 6.61 Å². The van der Waals surface area contributed by atoms with Gasteiger partial charge in [0, 0.05) is 31.8 Å². The Kier molecular flexibility index (Phi) is 7.42. The first-order valence-corrected chi connectivity index (χ1v) is 10.3. The van der Waals surface area contributed by atoms with E-state index in [9.17, 15) is 0 Å². The van der Waals surface area contributed by atoms with Crippen LogP contribution in [0.3, 0.4) is 0 Å². The Labute approximate surface area is 175 Å². The number of pyridine rings is 2. The molecular formula is C19H26Cl2N6O.